The van der Waals surface area contributed by atoms with Gasteiger partial charge >= 0.3 is 5.97 Å². The van der Waals surface area contributed by atoms with E-state index in [0.29, 0.717) is 4.90 Å². The summed E-state index contributed by atoms with van der Waals surface area (Å²) in [5, 5.41) is 8.53. The number of carboxylic acids is 1. The van der Waals surface area contributed by atoms with Gasteiger partial charge in [-0.1, -0.05) is 19.1 Å². The van der Waals surface area contributed by atoms with Gasteiger partial charge in [-0.05, 0) is 56.2 Å². The molecule has 0 aliphatic heterocycles. The van der Waals surface area contributed by atoms with Crippen molar-refractivity contribution in [3.05, 3.63) is 29.8 Å². The molecular formula is C16H22O4S. The van der Waals surface area contributed by atoms with Crippen LogP contribution >= 0.6 is 0 Å². The number of hydrogen-bond acceptors (Lipinski definition) is 3. The number of sulfone groups is 1. The lowest BCUT2D eigenvalue weighted by Crippen LogP contribution is -2.14. The molecule has 1 aliphatic carbocycles. The Bertz CT molecular complexity index is 633. The lowest BCUT2D eigenvalue weighted by molar-refractivity contribution is -0.139. The Labute approximate surface area is 126 Å². The Balaban J connectivity index is 2.11. The van der Waals surface area contributed by atoms with Gasteiger partial charge in [0.1, 0.15) is 0 Å². The van der Waals surface area contributed by atoms with Crippen molar-refractivity contribution in [2.45, 2.75) is 43.8 Å². The summed E-state index contributed by atoms with van der Waals surface area (Å²) in [6.45, 7) is 5.38. The van der Waals surface area contributed by atoms with Gasteiger partial charge in [0.2, 0.25) is 0 Å². The molecule has 0 bridgehead atoms. The molecule has 0 spiro atoms. The summed E-state index contributed by atoms with van der Waals surface area (Å²) >= 11 is 0. The van der Waals surface area contributed by atoms with E-state index in [1.54, 1.807) is 32.0 Å². The Hall–Kier alpha value is -1.36. The highest BCUT2D eigenvalue weighted by Gasteiger charge is 2.46. The van der Waals surface area contributed by atoms with Crippen LogP contribution in [0.1, 0.15) is 32.8 Å². The van der Waals surface area contributed by atoms with Crippen molar-refractivity contribution in [2.75, 3.05) is 0 Å². The maximum Gasteiger partial charge on any atom is 0.306 e. The zero-order chi connectivity index (χ0) is 15.8. The average Bonchev–Trinajstić information content (AvgIpc) is 3.19. The third-order valence-electron chi connectivity index (χ3n) is 4.29. The lowest BCUT2D eigenvalue weighted by Gasteiger charge is -2.13. The molecule has 3 atom stereocenters. The van der Waals surface area contributed by atoms with E-state index in [2.05, 4.69) is 0 Å². The van der Waals surface area contributed by atoms with Gasteiger partial charge in [0, 0.05) is 0 Å². The van der Waals surface area contributed by atoms with E-state index in [4.69, 9.17) is 5.11 Å². The van der Waals surface area contributed by atoms with Gasteiger partial charge in [0.25, 0.3) is 0 Å². The van der Waals surface area contributed by atoms with E-state index in [-0.39, 0.29) is 17.8 Å². The van der Waals surface area contributed by atoms with E-state index in [9.17, 15) is 13.2 Å². The molecule has 2 rings (SSSR count). The number of carbonyl (C=O) groups is 1. The van der Waals surface area contributed by atoms with Crippen molar-refractivity contribution in [2.24, 2.45) is 17.8 Å². The molecule has 1 aromatic carbocycles. The van der Waals surface area contributed by atoms with Gasteiger partial charge in [0.15, 0.2) is 9.84 Å². The largest absolute Gasteiger partial charge is 0.481 e. The van der Waals surface area contributed by atoms with Gasteiger partial charge < -0.3 is 5.11 Å². The van der Waals surface area contributed by atoms with Gasteiger partial charge in [0.05, 0.1) is 16.1 Å². The minimum atomic E-state index is -3.26. The molecule has 0 amide bonds. The Kier molecular flexibility index (Phi) is 4.42. The topological polar surface area (TPSA) is 71.4 Å². The third kappa shape index (κ3) is 3.46. The fourth-order valence-corrected chi connectivity index (χ4v) is 3.90. The predicted octanol–water partition coefficient (Wildman–Crippen LogP) is 2.77. The highest BCUT2D eigenvalue weighted by molar-refractivity contribution is 7.92. The maximum atomic E-state index is 12.2. The molecule has 1 aliphatic rings. The van der Waals surface area contributed by atoms with Crippen LogP contribution in [-0.4, -0.2) is 24.7 Å². The van der Waals surface area contributed by atoms with E-state index in [1.165, 1.54) is 0 Å². The standard InChI is InChI=1S/C16H22O4S/c1-10(2)21(19,20)13-6-4-5-12(8-13)7-11(3)14-9-15(14)16(17)18/h4-6,8,10-11,14-15H,7,9H2,1-3H3,(H,17,18). The quantitative estimate of drug-likeness (QED) is 0.877. The molecule has 0 radical (unpaired) electrons. The molecule has 1 N–H and O–H groups in total. The van der Waals surface area contributed by atoms with Crippen LogP contribution in [0.15, 0.2) is 29.2 Å². The predicted molar refractivity (Wildman–Crippen MR) is 80.9 cm³/mol. The van der Waals surface area contributed by atoms with E-state index < -0.39 is 21.1 Å². The van der Waals surface area contributed by atoms with E-state index in [0.717, 1.165) is 18.4 Å². The molecule has 5 heteroatoms. The van der Waals surface area contributed by atoms with Crippen molar-refractivity contribution in [3.8, 4) is 0 Å². The van der Waals surface area contributed by atoms with Crippen molar-refractivity contribution in [1.29, 1.82) is 0 Å². The zero-order valence-electron chi connectivity index (χ0n) is 12.6. The second-order valence-electron chi connectivity index (χ2n) is 6.27. The van der Waals surface area contributed by atoms with Gasteiger partial charge in [-0.25, -0.2) is 8.42 Å². The van der Waals surface area contributed by atoms with Crippen molar-refractivity contribution >= 4 is 15.8 Å². The van der Waals surface area contributed by atoms with Crippen LogP contribution in [0.5, 0.6) is 0 Å². The lowest BCUT2D eigenvalue weighted by atomic mass is 9.95. The first-order valence-corrected chi connectivity index (χ1v) is 8.83. The Morgan fingerprint density at radius 3 is 2.52 bits per heavy atom. The van der Waals surface area contributed by atoms with Crippen molar-refractivity contribution < 1.29 is 18.3 Å². The van der Waals surface area contributed by atoms with Gasteiger partial charge in [-0.3, -0.25) is 4.79 Å². The fourth-order valence-electron chi connectivity index (χ4n) is 2.77. The molecule has 0 aromatic heterocycles. The summed E-state index contributed by atoms with van der Waals surface area (Å²) < 4.78 is 24.4. The first-order chi connectivity index (χ1) is 9.73. The highest BCUT2D eigenvalue weighted by Crippen LogP contribution is 2.45. The van der Waals surface area contributed by atoms with Crippen molar-refractivity contribution in [3.63, 3.8) is 0 Å². The van der Waals surface area contributed by atoms with Gasteiger partial charge in [-0.15, -0.1) is 0 Å². The zero-order valence-corrected chi connectivity index (χ0v) is 13.4. The van der Waals surface area contributed by atoms with Crippen LogP contribution < -0.4 is 0 Å². The average molecular weight is 310 g/mol. The van der Waals surface area contributed by atoms with E-state index >= 15 is 0 Å². The number of benzene rings is 1. The first kappa shape index (κ1) is 16.0. The molecule has 116 valence electrons. The fraction of sp³-hybridized carbons (Fsp3) is 0.562. The first-order valence-electron chi connectivity index (χ1n) is 7.29. The molecule has 4 nitrogen and oxygen atoms in total. The summed E-state index contributed by atoms with van der Waals surface area (Å²) in [7, 11) is -3.26. The number of aliphatic carboxylic acids is 1. The second-order valence-corrected chi connectivity index (χ2v) is 8.77. The van der Waals surface area contributed by atoms with Crippen LogP contribution in [0.2, 0.25) is 0 Å². The smallest absolute Gasteiger partial charge is 0.306 e. The molecule has 1 saturated carbocycles. The summed E-state index contributed by atoms with van der Waals surface area (Å²) in [6.07, 6.45) is 1.45. The summed E-state index contributed by atoms with van der Waals surface area (Å²) in [6, 6.07) is 7.03. The third-order valence-corrected chi connectivity index (χ3v) is 6.45. The number of carboxylic acid groups (broad SMARTS) is 1. The molecule has 21 heavy (non-hydrogen) atoms. The van der Waals surface area contributed by atoms with Crippen LogP contribution in [0.4, 0.5) is 0 Å². The van der Waals surface area contributed by atoms with Gasteiger partial charge in [-0.2, -0.15) is 0 Å². The normalized spacial score (nSPS) is 23.0. The van der Waals surface area contributed by atoms with Crippen LogP contribution in [-0.2, 0) is 21.1 Å². The maximum absolute atomic E-state index is 12.2. The van der Waals surface area contributed by atoms with E-state index in [1.807, 2.05) is 13.0 Å². The molecule has 1 aromatic rings. The van der Waals surface area contributed by atoms with Crippen LogP contribution in [0.3, 0.4) is 0 Å². The van der Waals surface area contributed by atoms with Crippen molar-refractivity contribution in [1.82, 2.24) is 0 Å². The Morgan fingerprint density at radius 1 is 1.33 bits per heavy atom. The van der Waals surface area contributed by atoms with Crippen LogP contribution in [0.25, 0.3) is 0 Å². The van der Waals surface area contributed by atoms with Crippen LogP contribution in [0, 0.1) is 17.8 Å². The summed E-state index contributed by atoms with van der Waals surface area (Å²) in [4.78, 5) is 11.3. The Morgan fingerprint density at radius 2 is 2.00 bits per heavy atom. The minimum Gasteiger partial charge on any atom is -0.481 e. The monoisotopic (exact) mass is 310 g/mol. The minimum absolute atomic E-state index is 0.216. The molecule has 1 fully saturated rings. The molecule has 0 saturated heterocycles. The highest BCUT2D eigenvalue weighted by atomic mass is 32.2. The molecule has 0 heterocycles. The molecular weight excluding hydrogens is 288 g/mol. The number of rotatable bonds is 6. The molecule has 3 unspecified atom stereocenters. The summed E-state index contributed by atoms with van der Waals surface area (Å²) in [5.41, 5.74) is 0.959. The number of hydrogen-bond donors (Lipinski definition) is 1. The second kappa shape index (κ2) is 5.79. The SMILES string of the molecule is CC(Cc1cccc(S(=O)(=O)C(C)C)c1)C1CC1C(=O)O. The summed E-state index contributed by atoms with van der Waals surface area (Å²) in [5.74, 6) is -0.471.